The van der Waals surface area contributed by atoms with Crippen molar-refractivity contribution in [1.29, 1.82) is 0 Å². The normalized spacial score (nSPS) is 10.6. The number of amides is 1. The van der Waals surface area contributed by atoms with E-state index in [0.717, 1.165) is 4.88 Å². The van der Waals surface area contributed by atoms with Gasteiger partial charge in [0.1, 0.15) is 5.82 Å². The van der Waals surface area contributed by atoms with Gasteiger partial charge in [-0.2, -0.15) is 0 Å². The minimum Gasteiger partial charge on any atom is -0.355 e. The number of carbonyl (C=O) groups is 1. The molecule has 0 saturated heterocycles. The van der Waals surface area contributed by atoms with Gasteiger partial charge in [0.2, 0.25) is 0 Å². The van der Waals surface area contributed by atoms with Crippen LogP contribution in [-0.4, -0.2) is 23.0 Å². The van der Waals surface area contributed by atoms with Crippen molar-refractivity contribution in [1.82, 2.24) is 10.1 Å². The van der Waals surface area contributed by atoms with Crippen LogP contribution in [0.1, 0.15) is 16.1 Å². The Morgan fingerprint density at radius 1 is 1.32 bits per heavy atom. The molecule has 0 aliphatic carbocycles. The Morgan fingerprint density at radius 3 is 2.86 bits per heavy atom. The lowest BCUT2D eigenvalue weighted by Crippen LogP contribution is -2.26. The van der Waals surface area contributed by atoms with Gasteiger partial charge in [0.05, 0.1) is 4.88 Å². The van der Waals surface area contributed by atoms with Crippen molar-refractivity contribution < 1.29 is 13.7 Å². The van der Waals surface area contributed by atoms with Crippen LogP contribution < -0.4 is 0 Å². The maximum Gasteiger partial charge on any atom is 0.276 e. The summed E-state index contributed by atoms with van der Waals surface area (Å²) in [6.45, 7) is 0.173. The number of thiophene rings is 1. The van der Waals surface area contributed by atoms with Gasteiger partial charge in [-0.25, -0.2) is 4.39 Å². The third-order valence-electron chi connectivity index (χ3n) is 3.21. The second-order valence-corrected chi connectivity index (χ2v) is 5.75. The average Bonchev–Trinajstić information content (AvgIpc) is 3.19. The maximum absolute atomic E-state index is 13.6. The zero-order chi connectivity index (χ0) is 15.5. The first-order chi connectivity index (χ1) is 10.6. The van der Waals surface area contributed by atoms with Crippen LogP contribution in [0.5, 0.6) is 0 Å². The van der Waals surface area contributed by atoms with Crippen molar-refractivity contribution >= 4 is 17.2 Å². The summed E-state index contributed by atoms with van der Waals surface area (Å²) in [6.07, 6.45) is 0. The molecule has 2 heterocycles. The van der Waals surface area contributed by atoms with E-state index >= 15 is 0 Å². The highest BCUT2D eigenvalue weighted by Gasteiger charge is 2.19. The van der Waals surface area contributed by atoms with Gasteiger partial charge in [-0.15, -0.1) is 11.3 Å². The molecule has 0 spiro atoms. The van der Waals surface area contributed by atoms with Crippen LogP contribution in [0.15, 0.2) is 52.4 Å². The van der Waals surface area contributed by atoms with Crippen molar-refractivity contribution in [2.45, 2.75) is 6.54 Å². The molecule has 0 radical (unpaired) electrons. The first-order valence-electron chi connectivity index (χ1n) is 6.64. The van der Waals surface area contributed by atoms with Crippen molar-refractivity contribution in [3.63, 3.8) is 0 Å². The van der Waals surface area contributed by atoms with E-state index in [1.165, 1.54) is 22.3 Å². The predicted octanol–water partition coefficient (Wildman–Crippen LogP) is 3.81. The Morgan fingerprint density at radius 2 is 2.14 bits per heavy atom. The number of aromatic nitrogens is 1. The topological polar surface area (TPSA) is 46.3 Å². The van der Waals surface area contributed by atoms with Crippen LogP contribution in [0.4, 0.5) is 4.39 Å². The summed E-state index contributed by atoms with van der Waals surface area (Å²) in [7, 11) is 1.61. The molecule has 2 aromatic heterocycles. The van der Waals surface area contributed by atoms with E-state index in [4.69, 9.17) is 4.52 Å². The first-order valence-corrected chi connectivity index (χ1v) is 7.52. The quantitative estimate of drug-likeness (QED) is 0.735. The molecule has 3 aromatic rings. The second kappa shape index (κ2) is 6.11. The van der Waals surface area contributed by atoms with Crippen LogP contribution in [0.3, 0.4) is 0 Å². The van der Waals surface area contributed by atoms with Gasteiger partial charge >= 0.3 is 0 Å². The van der Waals surface area contributed by atoms with Crippen molar-refractivity contribution in [2.24, 2.45) is 0 Å². The summed E-state index contributed by atoms with van der Waals surface area (Å²) in [6, 6.07) is 11.8. The molecule has 22 heavy (non-hydrogen) atoms. The molecular weight excluding hydrogens is 303 g/mol. The third kappa shape index (κ3) is 2.92. The number of hydrogen-bond donors (Lipinski definition) is 0. The monoisotopic (exact) mass is 316 g/mol. The minimum atomic E-state index is -0.332. The fourth-order valence-corrected chi connectivity index (χ4v) is 2.73. The maximum atomic E-state index is 13.6. The lowest BCUT2D eigenvalue weighted by Gasteiger charge is -2.15. The summed E-state index contributed by atoms with van der Waals surface area (Å²) in [5.41, 5.74) is 0.669. The van der Waals surface area contributed by atoms with Gasteiger partial charge in [0.15, 0.2) is 11.5 Å². The fraction of sp³-hybridized carbons (Fsp3) is 0.125. The molecule has 4 nitrogen and oxygen atoms in total. The predicted molar refractivity (Wildman–Crippen MR) is 82.0 cm³/mol. The average molecular weight is 316 g/mol. The molecule has 0 N–H and O–H groups in total. The molecule has 0 aliphatic rings. The minimum absolute atomic E-state index is 0.173. The summed E-state index contributed by atoms with van der Waals surface area (Å²) in [5, 5.41) is 5.72. The number of rotatable bonds is 4. The largest absolute Gasteiger partial charge is 0.355 e. The summed E-state index contributed by atoms with van der Waals surface area (Å²) >= 11 is 1.51. The molecule has 1 amide bonds. The van der Waals surface area contributed by atoms with E-state index in [9.17, 15) is 9.18 Å². The Labute approximate surface area is 130 Å². The van der Waals surface area contributed by atoms with Gasteiger partial charge in [0, 0.05) is 25.2 Å². The molecule has 0 atom stereocenters. The molecule has 6 heteroatoms. The Hall–Kier alpha value is -2.47. The summed E-state index contributed by atoms with van der Waals surface area (Å²) < 4.78 is 18.8. The van der Waals surface area contributed by atoms with Crippen LogP contribution in [-0.2, 0) is 6.54 Å². The number of carbonyl (C=O) groups excluding carboxylic acids is 1. The number of nitrogens with zero attached hydrogens (tertiary/aromatic N) is 2. The fourth-order valence-electron chi connectivity index (χ4n) is 2.06. The Kier molecular flexibility index (Phi) is 4.02. The highest BCUT2D eigenvalue weighted by Crippen LogP contribution is 2.25. The SMILES string of the molecule is CN(Cc1ccccc1F)C(=O)c1cc(-c2cccs2)on1. The standard InChI is InChI=1S/C16H13FN2O2S/c1-19(10-11-5-2-3-6-12(11)17)16(20)13-9-14(21-18-13)15-7-4-8-22-15/h2-9H,10H2,1H3. The van der Waals surface area contributed by atoms with Gasteiger partial charge in [0.25, 0.3) is 5.91 Å². The van der Waals surface area contributed by atoms with Gasteiger partial charge in [-0.3, -0.25) is 4.79 Å². The zero-order valence-corrected chi connectivity index (χ0v) is 12.6. The molecule has 0 saturated carbocycles. The van der Waals surface area contributed by atoms with E-state index in [1.54, 1.807) is 31.3 Å². The van der Waals surface area contributed by atoms with Crippen molar-refractivity contribution in [2.75, 3.05) is 7.05 Å². The van der Waals surface area contributed by atoms with Crippen LogP contribution in [0.25, 0.3) is 10.6 Å². The van der Waals surface area contributed by atoms with Crippen molar-refractivity contribution in [3.8, 4) is 10.6 Å². The Balaban J connectivity index is 1.75. The van der Waals surface area contributed by atoms with E-state index in [-0.39, 0.29) is 24.0 Å². The van der Waals surface area contributed by atoms with Gasteiger partial charge in [-0.1, -0.05) is 29.4 Å². The molecule has 0 aliphatic heterocycles. The third-order valence-corrected chi connectivity index (χ3v) is 4.09. The molecule has 1 aromatic carbocycles. The lowest BCUT2D eigenvalue weighted by molar-refractivity contribution is 0.0773. The second-order valence-electron chi connectivity index (χ2n) is 4.81. The van der Waals surface area contributed by atoms with E-state index in [1.807, 2.05) is 17.5 Å². The van der Waals surface area contributed by atoms with Gasteiger partial charge in [-0.05, 0) is 17.5 Å². The van der Waals surface area contributed by atoms with E-state index < -0.39 is 0 Å². The smallest absolute Gasteiger partial charge is 0.276 e. The number of benzene rings is 1. The number of halogens is 1. The summed E-state index contributed by atoms with van der Waals surface area (Å²) in [4.78, 5) is 14.6. The molecule has 0 bridgehead atoms. The van der Waals surface area contributed by atoms with Crippen molar-refractivity contribution in [3.05, 3.63) is 64.9 Å². The molecule has 3 rings (SSSR count). The molecular formula is C16H13FN2O2S. The molecule has 0 unspecified atom stereocenters. The highest BCUT2D eigenvalue weighted by atomic mass is 32.1. The zero-order valence-electron chi connectivity index (χ0n) is 11.8. The van der Waals surface area contributed by atoms with E-state index in [0.29, 0.717) is 11.3 Å². The van der Waals surface area contributed by atoms with Crippen LogP contribution in [0, 0.1) is 5.82 Å². The van der Waals surface area contributed by atoms with Crippen LogP contribution >= 0.6 is 11.3 Å². The first kappa shape index (κ1) is 14.5. The number of hydrogen-bond acceptors (Lipinski definition) is 4. The molecule has 112 valence electrons. The van der Waals surface area contributed by atoms with Crippen LogP contribution in [0.2, 0.25) is 0 Å². The summed E-state index contributed by atoms with van der Waals surface area (Å²) in [5.74, 6) is -0.0889. The van der Waals surface area contributed by atoms with Gasteiger partial charge < -0.3 is 9.42 Å². The van der Waals surface area contributed by atoms with E-state index in [2.05, 4.69) is 5.16 Å². The Bertz CT molecular complexity index is 783. The highest BCUT2D eigenvalue weighted by molar-refractivity contribution is 7.13. The molecule has 0 fully saturated rings. The lowest BCUT2D eigenvalue weighted by atomic mass is 10.2.